The van der Waals surface area contributed by atoms with Crippen LogP contribution >= 0.6 is 12.2 Å². The Morgan fingerprint density at radius 1 is 1.41 bits per heavy atom. The van der Waals surface area contributed by atoms with Gasteiger partial charge in [-0.05, 0) is 32.1 Å². The maximum atomic E-state index is 12.3. The van der Waals surface area contributed by atoms with Crippen LogP contribution in [0.5, 0.6) is 0 Å². The molecule has 0 bridgehead atoms. The second-order valence-electron chi connectivity index (χ2n) is 5.11. The third kappa shape index (κ3) is 3.89. The van der Waals surface area contributed by atoms with Gasteiger partial charge in [0.05, 0.1) is 4.99 Å². The van der Waals surface area contributed by atoms with Crippen molar-refractivity contribution in [2.75, 3.05) is 6.54 Å². The number of nitrogens with zero attached hydrogens (tertiary/aromatic N) is 1. The molecule has 1 aliphatic carbocycles. The van der Waals surface area contributed by atoms with Gasteiger partial charge in [-0.25, -0.2) is 8.42 Å². The molecule has 6 heteroatoms. The largest absolute Gasteiger partial charge is 0.392 e. The van der Waals surface area contributed by atoms with Crippen LogP contribution in [-0.4, -0.2) is 35.5 Å². The molecule has 100 valence electrons. The number of hydrogen-bond donors (Lipinski definition) is 1. The Bertz CT molecular complexity index is 375. The Morgan fingerprint density at radius 3 is 2.29 bits per heavy atom. The average molecular weight is 278 g/mol. The molecule has 0 heterocycles. The molecule has 0 aliphatic heterocycles. The molecule has 1 unspecified atom stereocenters. The molecule has 17 heavy (non-hydrogen) atoms. The highest BCUT2D eigenvalue weighted by Gasteiger charge is 2.40. The van der Waals surface area contributed by atoms with Gasteiger partial charge in [0.1, 0.15) is 5.25 Å². The highest BCUT2D eigenvalue weighted by molar-refractivity contribution is 7.92. The maximum Gasteiger partial charge on any atom is 0.223 e. The highest BCUT2D eigenvalue weighted by atomic mass is 32.2. The summed E-state index contributed by atoms with van der Waals surface area (Å²) in [5.41, 5.74) is 5.46. The lowest BCUT2D eigenvalue weighted by Crippen LogP contribution is -2.44. The summed E-state index contributed by atoms with van der Waals surface area (Å²) in [6.07, 6.45) is 2.79. The summed E-state index contributed by atoms with van der Waals surface area (Å²) in [6, 6.07) is 0.176. The van der Waals surface area contributed by atoms with Crippen LogP contribution in [0.25, 0.3) is 0 Å². The monoisotopic (exact) mass is 278 g/mol. The van der Waals surface area contributed by atoms with E-state index in [2.05, 4.69) is 13.8 Å². The summed E-state index contributed by atoms with van der Waals surface area (Å²) < 4.78 is 26.3. The van der Waals surface area contributed by atoms with Gasteiger partial charge in [0.15, 0.2) is 0 Å². The van der Waals surface area contributed by atoms with E-state index in [1.807, 2.05) is 0 Å². The van der Waals surface area contributed by atoms with Crippen molar-refractivity contribution in [3.63, 3.8) is 0 Å². The van der Waals surface area contributed by atoms with Crippen LogP contribution in [0, 0.1) is 5.92 Å². The number of rotatable bonds is 7. The number of sulfonamides is 1. The first-order valence-electron chi connectivity index (χ1n) is 6.06. The van der Waals surface area contributed by atoms with Gasteiger partial charge in [-0.2, -0.15) is 4.31 Å². The van der Waals surface area contributed by atoms with E-state index >= 15 is 0 Å². The molecule has 0 aromatic heterocycles. The van der Waals surface area contributed by atoms with Crippen molar-refractivity contribution in [3.05, 3.63) is 0 Å². The smallest absolute Gasteiger partial charge is 0.223 e. The molecule has 0 aromatic rings. The van der Waals surface area contributed by atoms with Crippen LogP contribution < -0.4 is 5.73 Å². The van der Waals surface area contributed by atoms with E-state index in [0.717, 1.165) is 19.3 Å². The van der Waals surface area contributed by atoms with Crippen LogP contribution in [0.3, 0.4) is 0 Å². The van der Waals surface area contributed by atoms with Crippen molar-refractivity contribution in [2.45, 2.75) is 51.3 Å². The van der Waals surface area contributed by atoms with E-state index < -0.39 is 15.3 Å². The molecule has 1 atom stereocenters. The van der Waals surface area contributed by atoms with Gasteiger partial charge < -0.3 is 5.73 Å². The number of thiocarbonyl (C=S) groups is 1. The van der Waals surface area contributed by atoms with Crippen molar-refractivity contribution < 1.29 is 8.42 Å². The van der Waals surface area contributed by atoms with Crippen LogP contribution in [-0.2, 0) is 10.0 Å². The average Bonchev–Trinajstić information content (AvgIpc) is 2.99. The zero-order valence-corrected chi connectivity index (χ0v) is 12.4. The Labute approximate surface area is 110 Å². The minimum absolute atomic E-state index is 0.0557. The molecule has 0 saturated heterocycles. The Balaban J connectivity index is 2.79. The third-order valence-electron chi connectivity index (χ3n) is 3.06. The van der Waals surface area contributed by atoms with Gasteiger partial charge in [-0.3, -0.25) is 0 Å². The Kier molecular flexibility index (Phi) is 4.92. The second-order valence-corrected chi connectivity index (χ2v) is 7.79. The molecule has 4 nitrogen and oxygen atoms in total. The molecular formula is C11H22N2O2S2. The molecule has 1 saturated carbocycles. The fourth-order valence-corrected chi connectivity index (χ4v) is 3.67. The van der Waals surface area contributed by atoms with Gasteiger partial charge in [0.2, 0.25) is 10.0 Å². The summed E-state index contributed by atoms with van der Waals surface area (Å²) >= 11 is 4.80. The standard InChI is InChI=1S/C11H22N2O2S2/c1-8(2)6-7-13(10-4-5-10)17(14,15)9(3)11(12)16/h8-10H,4-7H2,1-3H3,(H2,12,16). The van der Waals surface area contributed by atoms with E-state index in [9.17, 15) is 8.42 Å². The Hall–Kier alpha value is -0.200. The third-order valence-corrected chi connectivity index (χ3v) is 5.84. The van der Waals surface area contributed by atoms with Gasteiger partial charge in [-0.15, -0.1) is 0 Å². The summed E-state index contributed by atoms with van der Waals surface area (Å²) in [4.78, 5) is 0.0557. The van der Waals surface area contributed by atoms with E-state index in [4.69, 9.17) is 18.0 Å². The predicted molar refractivity (Wildman–Crippen MR) is 74.4 cm³/mol. The zero-order valence-electron chi connectivity index (χ0n) is 10.7. The summed E-state index contributed by atoms with van der Waals surface area (Å²) in [6.45, 7) is 6.34. The minimum Gasteiger partial charge on any atom is -0.392 e. The van der Waals surface area contributed by atoms with Crippen LogP contribution in [0.2, 0.25) is 0 Å². The van der Waals surface area contributed by atoms with E-state index in [1.165, 1.54) is 0 Å². The SMILES string of the molecule is CC(C)CCN(C1CC1)S(=O)(=O)C(C)C(N)=S. The Morgan fingerprint density at radius 2 is 1.94 bits per heavy atom. The maximum absolute atomic E-state index is 12.3. The molecule has 0 amide bonds. The lowest BCUT2D eigenvalue weighted by molar-refractivity contribution is 0.372. The topological polar surface area (TPSA) is 63.4 Å². The lowest BCUT2D eigenvalue weighted by Gasteiger charge is -2.25. The van der Waals surface area contributed by atoms with Gasteiger partial charge in [0.25, 0.3) is 0 Å². The first kappa shape index (κ1) is 14.9. The fraction of sp³-hybridized carbons (Fsp3) is 0.909. The molecule has 2 N–H and O–H groups in total. The number of nitrogens with two attached hydrogens (primary N) is 1. The van der Waals surface area contributed by atoms with E-state index in [1.54, 1.807) is 11.2 Å². The second kappa shape index (κ2) is 5.63. The van der Waals surface area contributed by atoms with E-state index in [-0.39, 0.29) is 11.0 Å². The summed E-state index contributed by atoms with van der Waals surface area (Å²) in [5, 5.41) is -0.759. The highest BCUT2D eigenvalue weighted by Crippen LogP contribution is 2.31. The first-order chi connectivity index (χ1) is 7.76. The van der Waals surface area contributed by atoms with Gasteiger partial charge in [-0.1, -0.05) is 26.1 Å². The molecular weight excluding hydrogens is 256 g/mol. The lowest BCUT2D eigenvalue weighted by atomic mass is 10.1. The fourth-order valence-electron chi connectivity index (χ4n) is 1.62. The predicted octanol–water partition coefficient (Wildman–Crippen LogP) is 1.50. The van der Waals surface area contributed by atoms with Crippen molar-refractivity contribution in [1.82, 2.24) is 4.31 Å². The first-order valence-corrected chi connectivity index (χ1v) is 7.98. The quantitative estimate of drug-likeness (QED) is 0.717. The van der Waals surface area contributed by atoms with Crippen molar-refractivity contribution in [1.29, 1.82) is 0 Å². The van der Waals surface area contributed by atoms with Crippen LogP contribution in [0.15, 0.2) is 0 Å². The molecule has 0 radical (unpaired) electrons. The van der Waals surface area contributed by atoms with Crippen molar-refractivity contribution in [3.8, 4) is 0 Å². The molecule has 1 aliphatic rings. The molecule has 0 aromatic carbocycles. The van der Waals surface area contributed by atoms with Crippen molar-refractivity contribution in [2.24, 2.45) is 11.7 Å². The molecule has 1 fully saturated rings. The number of hydrogen-bond acceptors (Lipinski definition) is 3. The summed E-state index contributed by atoms with van der Waals surface area (Å²) in [7, 11) is -3.37. The molecule has 1 rings (SSSR count). The molecule has 0 spiro atoms. The van der Waals surface area contributed by atoms with Gasteiger partial charge >= 0.3 is 0 Å². The van der Waals surface area contributed by atoms with Crippen molar-refractivity contribution >= 4 is 27.2 Å². The van der Waals surface area contributed by atoms with Crippen LogP contribution in [0.4, 0.5) is 0 Å². The zero-order chi connectivity index (χ0) is 13.2. The normalized spacial score (nSPS) is 18.6. The van der Waals surface area contributed by atoms with Gasteiger partial charge in [0, 0.05) is 12.6 Å². The summed E-state index contributed by atoms with van der Waals surface area (Å²) in [5.74, 6) is 0.492. The minimum atomic E-state index is -3.37. The van der Waals surface area contributed by atoms with E-state index in [0.29, 0.717) is 12.5 Å². The van der Waals surface area contributed by atoms with Crippen LogP contribution in [0.1, 0.15) is 40.0 Å².